The van der Waals surface area contributed by atoms with E-state index in [-0.39, 0.29) is 0 Å². The molecular weight excluding hydrogens is 170 g/mol. The number of rotatable bonds is 3. The predicted molar refractivity (Wildman–Crippen MR) is 47.7 cm³/mol. The second-order valence-corrected chi connectivity index (χ2v) is 2.88. The van der Waals surface area contributed by atoms with Crippen LogP contribution in [-0.2, 0) is 0 Å². The Morgan fingerprint density at radius 2 is 1.60 bits per heavy atom. The van der Waals surface area contributed by atoms with Gasteiger partial charge >= 0.3 is 8.60 Å². The Bertz CT molecular complexity index is 45.4. The van der Waals surface area contributed by atoms with E-state index in [2.05, 4.69) is 16.2 Å². The van der Waals surface area contributed by atoms with Crippen LogP contribution in [0.25, 0.3) is 0 Å². The average molecular weight is 186 g/mol. The predicted octanol–water partition coefficient (Wildman–Crippen LogP) is 1.24. The highest BCUT2D eigenvalue weighted by Crippen LogP contribution is 2.11. The first-order valence-electron chi connectivity index (χ1n) is 3.22. The fourth-order valence-corrected chi connectivity index (χ4v) is 0.683. The average Bonchev–Trinajstić information content (AvgIpc) is 1.82. The van der Waals surface area contributed by atoms with Crippen molar-refractivity contribution >= 4 is 17.8 Å². The van der Waals surface area contributed by atoms with Crippen molar-refractivity contribution in [2.45, 2.75) is 26.2 Å². The smallest absolute Gasteiger partial charge is 0.324 e. The fraction of sp³-hybridized carbons (Fsp3) is 1.00. The summed E-state index contributed by atoms with van der Waals surface area (Å²) in [4.78, 5) is 21.7. The van der Waals surface area contributed by atoms with Crippen molar-refractivity contribution in [2.24, 2.45) is 0 Å². The van der Waals surface area contributed by atoms with E-state index in [1.54, 1.807) is 0 Å². The van der Waals surface area contributed by atoms with Gasteiger partial charge in [0.05, 0.1) is 0 Å². The molecule has 0 heterocycles. The highest BCUT2D eigenvalue weighted by atomic mass is 31.2. The van der Waals surface area contributed by atoms with Crippen LogP contribution in [0.4, 0.5) is 0 Å². The standard InChI is InChI=1S/C5H13P.H3O3P/c1-2-3-4-5-6;1-4(2)3/h2-6H2,1H3;1-3H. The van der Waals surface area contributed by atoms with E-state index < -0.39 is 8.60 Å². The van der Waals surface area contributed by atoms with Gasteiger partial charge in [-0.05, 0) is 12.6 Å². The Hall–Kier alpha value is 0.740. The van der Waals surface area contributed by atoms with E-state index >= 15 is 0 Å². The van der Waals surface area contributed by atoms with Crippen molar-refractivity contribution in [3.63, 3.8) is 0 Å². The largest absolute Gasteiger partial charge is 0.328 e. The van der Waals surface area contributed by atoms with Crippen molar-refractivity contribution in [1.82, 2.24) is 0 Å². The van der Waals surface area contributed by atoms with Crippen LogP contribution in [0.3, 0.4) is 0 Å². The quantitative estimate of drug-likeness (QED) is 0.459. The molecule has 0 rings (SSSR count). The van der Waals surface area contributed by atoms with Gasteiger partial charge < -0.3 is 14.7 Å². The van der Waals surface area contributed by atoms with Crippen molar-refractivity contribution in [1.29, 1.82) is 0 Å². The molecule has 3 N–H and O–H groups in total. The van der Waals surface area contributed by atoms with Gasteiger partial charge in [0.25, 0.3) is 0 Å². The van der Waals surface area contributed by atoms with Crippen molar-refractivity contribution < 1.29 is 14.7 Å². The zero-order valence-electron chi connectivity index (χ0n) is 6.19. The van der Waals surface area contributed by atoms with E-state index in [4.69, 9.17) is 14.7 Å². The van der Waals surface area contributed by atoms with Crippen LogP contribution in [-0.4, -0.2) is 20.8 Å². The van der Waals surface area contributed by atoms with Gasteiger partial charge in [-0.3, -0.25) is 0 Å². The minimum Gasteiger partial charge on any atom is -0.328 e. The lowest BCUT2D eigenvalue weighted by Crippen LogP contribution is -1.70. The van der Waals surface area contributed by atoms with Gasteiger partial charge in [-0.25, -0.2) is 0 Å². The lowest BCUT2D eigenvalue weighted by atomic mass is 10.3. The van der Waals surface area contributed by atoms with Crippen LogP contribution in [0.2, 0.25) is 0 Å². The molecule has 10 heavy (non-hydrogen) atoms. The monoisotopic (exact) mass is 186 g/mol. The molecule has 0 aromatic heterocycles. The maximum absolute atomic E-state index is 7.23. The summed E-state index contributed by atoms with van der Waals surface area (Å²) in [6.45, 7) is 2.22. The van der Waals surface area contributed by atoms with Crippen LogP contribution < -0.4 is 0 Å². The van der Waals surface area contributed by atoms with Crippen LogP contribution in [0.5, 0.6) is 0 Å². The van der Waals surface area contributed by atoms with Crippen LogP contribution in [0, 0.1) is 0 Å². The van der Waals surface area contributed by atoms with Gasteiger partial charge in [0, 0.05) is 0 Å². The van der Waals surface area contributed by atoms with Crippen molar-refractivity contribution in [3.05, 3.63) is 0 Å². The summed E-state index contributed by atoms with van der Waals surface area (Å²) in [6.07, 6.45) is 5.38. The summed E-state index contributed by atoms with van der Waals surface area (Å²) < 4.78 is 0. The van der Waals surface area contributed by atoms with Gasteiger partial charge in [0.1, 0.15) is 0 Å². The summed E-state index contributed by atoms with van der Waals surface area (Å²) in [5.41, 5.74) is 0. The zero-order chi connectivity index (χ0) is 8.41. The normalized spacial score (nSPS) is 9.00. The molecule has 0 saturated heterocycles. The molecule has 0 aliphatic heterocycles. The molecule has 0 aromatic carbocycles. The molecule has 0 aromatic rings. The Balaban J connectivity index is 0. The van der Waals surface area contributed by atoms with Gasteiger partial charge in [-0.2, -0.15) is 0 Å². The van der Waals surface area contributed by atoms with E-state index in [9.17, 15) is 0 Å². The summed E-state index contributed by atoms with van der Waals surface area (Å²) >= 11 is 0. The number of hydrogen-bond donors (Lipinski definition) is 3. The van der Waals surface area contributed by atoms with Crippen LogP contribution in [0.1, 0.15) is 26.2 Å². The van der Waals surface area contributed by atoms with E-state index in [1.165, 1.54) is 25.4 Å². The van der Waals surface area contributed by atoms with Gasteiger partial charge in [0.15, 0.2) is 0 Å². The second-order valence-electron chi connectivity index (χ2n) is 1.76. The molecule has 0 fully saturated rings. The summed E-state index contributed by atoms with van der Waals surface area (Å²) in [6, 6.07) is 0. The van der Waals surface area contributed by atoms with E-state index in [1.807, 2.05) is 0 Å². The maximum atomic E-state index is 7.23. The first-order chi connectivity index (χ1) is 4.65. The molecule has 3 nitrogen and oxygen atoms in total. The van der Waals surface area contributed by atoms with Gasteiger partial charge in [-0.1, -0.05) is 19.8 Å². The van der Waals surface area contributed by atoms with Gasteiger partial charge in [-0.15, -0.1) is 9.24 Å². The van der Waals surface area contributed by atoms with Crippen molar-refractivity contribution in [2.75, 3.05) is 6.16 Å². The van der Waals surface area contributed by atoms with Crippen LogP contribution >= 0.6 is 17.8 Å². The molecule has 0 aliphatic carbocycles. The molecule has 0 spiro atoms. The number of unbranched alkanes of at least 4 members (excludes halogenated alkanes) is 2. The molecule has 0 radical (unpaired) electrons. The Morgan fingerprint density at radius 1 is 1.20 bits per heavy atom. The topological polar surface area (TPSA) is 60.7 Å². The molecule has 5 heteroatoms. The van der Waals surface area contributed by atoms with Crippen molar-refractivity contribution in [3.8, 4) is 0 Å². The number of hydrogen-bond acceptors (Lipinski definition) is 3. The maximum Gasteiger partial charge on any atom is 0.324 e. The lowest BCUT2D eigenvalue weighted by molar-refractivity contribution is 0.368. The molecule has 0 aliphatic rings. The third-order valence-corrected chi connectivity index (χ3v) is 1.22. The summed E-state index contributed by atoms with van der Waals surface area (Å²) in [5, 5.41) is 0. The summed E-state index contributed by atoms with van der Waals surface area (Å²) in [5.74, 6) is 0. The highest BCUT2D eigenvalue weighted by Gasteiger charge is 1.76. The molecule has 1 unspecified atom stereocenters. The summed E-state index contributed by atoms with van der Waals surface area (Å²) in [7, 11) is 0.109. The molecule has 0 bridgehead atoms. The molecule has 0 saturated carbocycles. The van der Waals surface area contributed by atoms with Gasteiger partial charge in [0.2, 0.25) is 0 Å². The Labute approximate surface area is 65.7 Å². The molecule has 1 atom stereocenters. The zero-order valence-corrected chi connectivity index (χ0v) is 8.24. The van der Waals surface area contributed by atoms with E-state index in [0.29, 0.717) is 0 Å². The first kappa shape index (κ1) is 13.3. The molecular formula is C5H16O3P2. The van der Waals surface area contributed by atoms with Crippen LogP contribution in [0.15, 0.2) is 0 Å². The molecule has 0 amide bonds. The Kier molecular flexibility index (Phi) is 16.6. The fourth-order valence-electron chi connectivity index (χ4n) is 0.394. The lowest BCUT2D eigenvalue weighted by Gasteiger charge is -1.86. The van der Waals surface area contributed by atoms with E-state index in [0.717, 1.165) is 0 Å². The second kappa shape index (κ2) is 12.4. The SMILES string of the molecule is CCCCCP.OP(O)O. The Morgan fingerprint density at radius 3 is 1.70 bits per heavy atom. The minimum absolute atomic E-state index is 1.27. The third kappa shape index (κ3) is 37.4. The first-order valence-corrected chi connectivity index (χ1v) is 5.23. The minimum atomic E-state index is -2.62. The third-order valence-electron chi connectivity index (χ3n) is 0.808. The molecule has 64 valence electrons. The highest BCUT2D eigenvalue weighted by molar-refractivity contribution is 7.38.